The lowest BCUT2D eigenvalue weighted by Crippen LogP contribution is -2.40. The van der Waals surface area contributed by atoms with Crippen LogP contribution in [0.15, 0.2) is 24.3 Å². The number of nitrogens with two attached hydrogens (primary N) is 1. The van der Waals surface area contributed by atoms with E-state index in [-0.39, 0.29) is 5.91 Å². The Morgan fingerprint density at radius 3 is 2.74 bits per heavy atom. The fourth-order valence-electron chi connectivity index (χ4n) is 2.17. The van der Waals surface area contributed by atoms with Crippen LogP contribution in [-0.2, 0) is 11.3 Å². The molecular weight excluding hydrogens is 260 g/mol. The van der Waals surface area contributed by atoms with E-state index in [4.69, 9.17) is 22.7 Å². The third-order valence-electron chi connectivity index (χ3n) is 3.53. The van der Waals surface area contributed by atoms with Crippen molar-refractivity contribution in [3.8, 4) is 5.75 Å². The number of methoxy groups -OCH3 is 1. The van der Waals surface area contributed by atoms with E-state index in [0.717, 1.165) is 24.2 Å². The third kappa shape index (κ3) is 2.71. The van der Waals surface area contributed by atoms with Gasteiger partial charge in [0.05, 0.1) is 17.5 Å². The largest absolute Gasteiger partial charge is 0.497 e. The van der Waals surface area contributed by atoms with Gasteiger partial charge in [0.15, 0.2) is 0 Å². The Labute approximate surface area is 118 Å². The number of hydrogen-bond donors (Lipinski definition) is 1. The molecular formula is C14H18N2O2S. The van der Waals surface area contributed by atoms with Crippen molar-refractivity contribution in [3.05, 3.63) is 29.8 Å². The molecule has 0 heterocycles. The molecule has 19 heavy (non-hydrogen) atoms. The lowest BCUT2D eigenvalue weighted by atomic mass is 10.1. The molecule has 1 saturated carbocycles. The second-order valence-corrected chi connectivity index (χ2v) is 5.40. The van der Waals surface area contributed by atoms with Gasteiger partial charge in [-0.15, -0.1) is 0 Å². The van der Waals surface area contributed by atoms with Gasteiger partial charge in [-0.1, -0.05) is 24.4 Å². The van der Waals surface area contributed by atoms with E-state index in [2.05, 4.69) is 0 Å². The maximum Gasteiger partial charge on any atom is 0.235 e. The molecule has 1 aromatic carbocycles. The smallest absolute Gasteiger partial charge is 0.235 e. The lowest BCUT2D eigenvalue weighted by Gasteiger charge is -2.23. The van der Waals surface area contributed by atoms with Crippen LogP contribution in [0, 0.1) is 5.41 Å². The number of ether oxygens (including phenoxy) is 1. The van der Waals surface area contributed by atoms with Crippen LogP contribution in [0.4, 0.5) is 0 Å². The van der Waals surface area contributed by atoms with Gasteiger partial charge in [0.25, 0.3) is 0 Å². The van der Waals surface area contributed by atoms with E-state index < -0.39 is 5.41 Å². The normalized spacial score (nSPS) is 15.7. The number of hydrogen-bond acceptors (Lipinski definition) is 3. The van der Waals surface area contributed by atoms with Gasteiger partial charge in [-0.2, -0.15) is 0 Å². The molecule has 2 rings (SSSR count). The topological polar surface area (TPSA) is 55.6 Å². The van der Waals surface area contributed by atoms with Crippen molar-refractivity contribution in [2.75, 3.05) is 14.2 Å². The van der Waals surface area contributed by atoms with Gasteiger partial charge >= 0.3 is 0 Å². The zero-order valence-corrected chi connectivity index (χ0v) is 12.0. The summed E-state index contributed by atoms with van der Waals surface area (Å²) in [6.45, 7) is 0.528. The third-order valence-corrected chi connectivity index (χ3v) is 3.92. The minimum Gasteiger partial charge on any atom is -0.497 e. The minimum atomic E-state index is -0.580. The predicted molar refractivity (Wildman–Crippen MR) is 77.9 cm³/mol. The molecule has 0 radical (unpaired) electrons. The molecule has 102 valence electrons. The van der Waals surface area contributed by atoms with Gasteiger partial charge < -0.3 is 15.4 Å². The van der Waals surface area contributed by atoms with Crippen molar-refractivity contribution >= 4 is 23.1 Å². The van der Waals surface area contributed by atoms with Gasteiger partial charge in [-0.05, 0) is 30.5 Å². The van der Waals surface area contributed by atoms with E-state index in [1.54, 1.807) is 19.1 Å². The molecule has 5 heteroatoms. The summed E-state index contributed by atoms with van der Waals surface area (Å²) >= 11 is 5.00. The molecule has 0 unspecified atom stereocenters. The highest BCUT2D eigenvalue weighted by Gasteiger charge is 2.53. The van der Waals surface area contributed by atoms with Crippen LogP contribution in [0.25, 0.3) is 0 Å². The highest BCUT2D eigenvalue weighted by molar-refractivity contribution is 7.80. The zero-order chi connectivity index (χ0) is 14.0. The predicted octanol–water partition coefficient (Wildman–Crippen LogP) is 1.72. The fraction of sp³-hybridized carbons (Fsp3) is 0.429. The summed E-state index contributed by atoms with van der Waals surface area (Å²) in [7, 11) is 3.40. The molecule has 1 aromatic rings. The van der Waals surface area contributed by atoms with Crippen molar-refractivity contribution in [1.82, 2.24) is 4.90 Å². The van der Waals surface area contributed by atoms with Crippen LogP contribution in [0.5, 0.6) is 5.75 Å². The van der Waals surface area contributed by atoms with Crippen LogP contribution in [0.1, 0.15) is 18.4 Å². The molecule has 0 aliphatic heterocycles. The number of carbonyl (C=O) groups is 1. The molecule has 1 aliphatic rings. The molecule has 0 saturated heterocycles. The minimum absolute atomic E-state index is 0.0165. The van der Waals surface area contributed by atoms with Gasteiger partial charge in [0.2, 0.25) is 5.91 Å². The van der Waals surface area contributed by atoms with E-state index in [9.17, 15) is 4.79 Å². The molecule has 1 aliphatic carbocycles. The molecule has 4 nitrogen and oxygen atoms in total. The average Bonchev–Trinajstić information content (AvgIpc) is 3.19. The summed E-state index contributed by atoms with van der Waals surface area (Å²) < 4.78 is 5.17. The molecule has 1 amide bonds. The van der Waals surface area contributed by atoms with Crippen LogP contribution >= 0.6 is 12.2 Å². The Morgan fingerprint density at radius 1 is 1.53 bits per heavy atom. The number of amides is 1. The zero-order valence-electron chi connectivity index (χ0n) is 11.2. The summed E-state index contributed by atoms with van der Waals surface area (Å²) in [6, 6.07) is 7.67. The molecule has 0 spiro atoms. The summed E-state index contributed by atoms with van der Waals surface area (Å²) in [6.07, 6.45) is 1.53. The molecule has 0 bridgehead atoms. The lowest BCUT2D eigenvalue weighted by molar-refractivity contribution is -0.133. The van der Waals surface area contributed by atoms with Crippen molar-refractivity contribution in [3.63, 3.8) is 0 Å². The van der Waals surface area contributed by atoms with Crippen LogP contribution in [0.2, 0.25) is 0 Å². The molecule has 1 fully saturated rings. The van der Waals surface area contributed by atoms with Crippen molar-refractivity contribution in [1.29, 1.82) is 0 Å². The highest BCUT2D eigenvalue weighted by Crippen LogP contribution is 2.47. The van der Waals surface area contributed by atoms with Gasteiger partial charge in [-0.3, -0.25) is 4.79 Å². The molecule has 2 N–H and O–H groups in total. The Balaban J connectivity index is 2.06. The Hall–Kier alpha value is -1.62. The number of carbonyl (C=O) groups excluding carboxylic acids is 1. The van der Waals surface area contributed by atoms with E-state index in [1.807, 2.05) is 24.3 Å². The summed E-state index contributed by atoms with van der Waals surface area (Å²) in [5.41, 5.74) is 6.12. The first-order chi connectivity index (χ1) is 8.99. The molecule has 0 aromatic heterocycles. The van der Waals surface area contributed by atoms with E-state index >= 15 is 0 Å². The second-order valence-electron chi connectivity index (χ2n) is 4.96. The maximum absolute atomic E-state index is 12.4. The first-order valence-electron chi connectivity index (χ1n) is 6.18. The average molecular weight is 278 g/mol. The number of nitrogens with zero attached hydrogens (tertiary/aromatic N) is 1. The summed E-state index contributed by atoms with van der Waals surface area (Å²) in [5.74, 6) is 0.802. The van der Waals surface area contributed by atoms with Gasteiger partial charge in [0, 0.05) is 13.6 Å². The number of rotatable bonds is 5. The van der Waals surface area contributed by atoms with Crippen molar-refractivity contribution < 1.29 is 9.53 Å². The fourth-order valence-corrected chi connectivity index (χ4v) is 2.46. The second kappa shape index (κ2) is 5.17. The Kier molecular flexibility index (Phi) is 3.75. The first-order valence-corrected chi connectivity index (χ1v) is 6.59. The highest BCUT2D eigenvalue weighted by atomic mass is 32.1. The van der Waals surface area contributed by atoms with Crippen LogP contribution in [-0.4, -0.2) is 30.0 Å². The van der Waals surface area contributed by atoms with E-state index in [1.165, 1.54) is 0 Å². The monoisotopic (exact) mass is 278 g/mol. The van der Waals surface area contributed by atoms with Crippen molar-refractivity contribution in [2.45, 2.75) is 19.4 Å². The number of benzene rings is 1. The van der Waals surface area contributed by atoms with E-state index in [0.29, 0.717) is 11.5 Å². The summed E-state index contributed by atoms with van der Waals surface area (Å²) in [5, 5.41) is 0. The SMILES string of the molecule is COc1cccc(CN(C)C(=O)C2(C(N)=S)CC2)c1. The number of thiocarbonyl (C=S) groups is 1. The summed E-state index contributed by atoms with van der Waals surface area (Å²) in [4.78, 5) is 14.4. The Morgan fingerprint density at radius 2 is 2.21 bits per heavy atom. The van der Waals surface area contributed by atoms with Crippen LogP contribution < -0.4 is 10.5 Å². The maximum atomic E-state index is 12.4. The van der Waals surface area contributed by atoms with Crippen LogP contribution in [0.3, 0.4) is 0 Å². The Bertz CT molecular complexity index is 512. The van der Waals surface area contributed by atoms with Gasteiger partial charge in [-0.25, -0.2) is 0 Å². The standard InChI is InChI=1S/C14H18N2O2S/c1-16(13(17)14(6-7-14)12(15)19)9-10-4-3-5-11(8-10)18-2/h3-5,8H,6-7,9H2,1-2H3,(H2,15,19). The quantitative estimate of drug-likeness (QED) is 0.833. The molecule has 0 atom stereocenters. The van der Waals surface area contributed by atoms with Crippen molar-refractivity contribution in [2.24, 2.45) is 11.1 Å². The first kappa shape index (κ1) is 13.8. The van der Waals surface area contributed by atoms with Gasteiger partial charge in [0.1, 0.15) is 5.75 Å².